The van der Waals surface area contributed by atoms with E-state index in [9.17, 15) is 4.79 Å². The lowest BCUT2D eigenvalue weighted by molar-refractivity contribution is 0.0998. The SMILES string of the molecule is Cn1c(=NC(=O)c2ccccc2)sc2ccc3ccccc3c21. The highest BCUT2D eigenvalue weighted by atomic mass is 32.1. The molecule has 0 radical (unpaired) electrons. The number of amides is 1. The van der Waals surface area contributed by atoms with E-state index < -0.39 is 0 Å². The quantitative estimate of drug-likeness (QED) is 0.519. The molecule has 112 valence electrons. The Morgan fingerprint density at radius 3 is 2.52 bits per heavy atom. The molecule has 4 rings (SSSR count). The van der Waals surface area contributed by atoms with E-state index in [1.54, 1.807) is 12.1 Å². The van der Waals surface area contributed by atoms with Gasteiger partial charge >= 0.3 is 0 Å². The maximum absolute atomic E-state index is 12.3. The van der Waals surface area contributed by atoms with Gasteiger partial charge in [0, 0.05) is 18.0 Å². The zero-order chi connectivity index (χ0) is 15.8. The van der Waals surface area contributed by atoms with Crippen molar-refractivity contribution >= 4 is 38.2 Å². The van der Waals surface area contributed by atoms with Gasteiger partial charge in [-0.15, -0.1) is 0 Å². The molecule has 0 N–H and O–H groups in total. The maximum atomic E-state index is 12.3. The van der Waals surface area contributed by atoms with E-state index in [0.717, 1.165) is 10.2 Å². The Labute approximate surface area is 137 Å². The van der Waals surface area contributed by atoms with Crippen LogP contribution in [-0.2, 0) is 7.05 Å². The van der Waals surface area contributed by atoms with Crippen molar-refractivity contribution in [3.8, 4) is 0 Å². The third kappa shape index (κ3) is 2.37. The first-order valence-corrected chi connectivity index (χ1v) is 8.17. The summed E-state index contributed by atoms with van der Waals surface area (Å²) in [6.45, 7) is 0. The lowest BCUT2D eigenvalue weighted by atomic mass is 10.1. The van der Waals surface area contributed by atoms with Gasteiger partial charge in [-0.2, -0.15) is 4.99 Å². The lowest BCUT2D eigenvalue weighted by Crippen LogP contribution is -2.13. The molecule has 0 spiro atoms. The molecule has 3 nitrogen and oxygen atoms in total. The minimum absolute atomic E-state index is 0.211. The number of rotatable bonds is 1. The molecule has 1 heterocycles. The Morgan fingerprint density at radius 1 is 0.957 bits per heavy atom. The van der Waals surface area contributed by atoms with Crippen LogP contribution in [0, 0.1) is 0 Å². The summed E-state index contributed by atoms with van der Waals surface area (Å²) in [6, 6.07) is 21.6. The van der Waals surface area contributed by atoms with Crippen molar-refractivity contribution in [1.29, 1.82) is 0 Å². The van der Waals surface area contributed by atoms with Crippen LogP contribution in [0.5, 0.6) is 0 Å². The first-order valence-electron chi connectivity index (χ1n) is 7.35. The van der Waals surface area contributed by atoms with Gasteiger partial charge in [0.2, 0.25) is 0 Å². The van der Waals surface area contributed by atoms with E-state index in [1.807, 2.05) is 41.9 Å². The second-order valence-electron chi connectivity index (χ2n) is 5.36. The molecule has 0 unspecified atom stereocenters. The van der Waals surface area contributed by atoms with Gasteiger partial charge in [0.15, 0.2) is 4.80 Å². The van der Waals surface area contributed by atoms with E-state index in [1.165, 1.54) is 22.1 Å². The van der Waals surface area contributed by atoms with E-state index in [0.29, 0.717) is 10.4 Å². The second kappa shape index (κ2) is 5.48. The number of benzene rings is 3. The third-order valence-electron chi connectivity index (χ3n) is 3.91. The summed E-state index contributed by atoms with van der Waals surface area (Å²) in [7, 11) is 1.96. The summed E-state index contributed by atoms with van der Waals surface area (Å²) in [5.74, 6) is -0.211. The van der Waals surface area contributed by atoms with Crippen molar-refractivity contribution in [1.82, 2.24) is 4.57 Å². The Bertz CT molecular complexity index is 1090. The van der Waals surface area contributed by atoms with Gasteiger partial charge in [0.05, 0.1) is 10.2 Å². The van der Waals surface area contributed by atoms with Crippen molar-refractivity contribution in [2.24, 2.45) is 12.0 Å². The summed E-state index contributed by atoms with van der Waals surface area (Å²) >= 11 is 1.54. The molecule has 3 aromatic carbocycles. The molecule has 23 heavy (non-hydrogen) atoms. The van der Waals surface area contributed by atoms with Gasteiger partial charge in [-0.25, -0.2) is 0 Å². The van der Waals surface area contributed by atoms with Crippen LogP contribution in [0.2, 0.25) is 0 Å². The number of carbonyl (C=O) groups is 1. The van der Waals surface area contributed by atoms with Crippen LogP contribution in [-0.4, -0.2) is 10.5 Å². The largest absolute Gasteiger partial charge is 0.319 e. The van der Waals surface area contributed by atoms with Crippen LogP contribution in [0.3, 0.4) is 0 Å². The van der Waals surface area contributed by atoms with E-state index in [-0.39, 0.29) is 5.91 Å². The highest BCUT2D eigenvalue weighted by Gasteiger charge is 2.09. The molecule has 4 aromatic rings. The number of carbonyl (C=O) groups excluding carboxylic acids is 1. The van der Waals surface area contributed by atoms with Crippen LogP contribution in [0.1, 0.15) is 10.4 Å². The minimum atomic E-state index is -0.211. The number of aromatic nitrogens is 1. The summed E-state index contributed by atoms with van der Waals surface area (Å²) in [4.78, 5) is 17.4. The number of fused-ring (bicyclic) bond motifs is 3. The molecule has 0 saturated carbocycles. The van der Waals surface area contributed by atoms with Crippen molar-refractivity contribution in [2.45, 2.75) is 0 Å². The zero-order valence-electron chi connectivity index (χ0n) is 12.6. The molecule has 4 heteroatoms. The average Bonchev–Trinajstić information content (AvgIpc) is 2.92. The molecule has 0 fully saturated rings. The van der Waals surface area contributed by atoms with Crippen molar-refractivity contribution in [3.05, 3.63) is 77.1 Å². The van der Waals surface area contributed by atoms with Crippen LogP contribution in [0.15, 0.2) is 71.7 Å². The standard InChI is InChI=1S/C19H14N2OS/c1-21-17-15-10-6-5-7-13(15)11-12-16(17)23-19(21)20-18(22)14-8-3-2-4-9-14/h2-12H,1H3. The number of hydrogen-bond acceptors (Lipinski definition) is 2. The Balaban J connectivity index is 1.95. The smallest absolute Gasteiger partial charge is 0.279 e. The predicted molar refractivity (Wildman–Crippen MR) is 94.6 cm³/mol. The van der Waals surface area contributed by atoms with Crippen LogP contribution >= 0.6 is 11.3 Å². The van der Waals surface area contributed by atoms with Crippen LogP contribution in [0.25, 0.3) is 21.0 Å². The van der Waals surface area contributed by atoms with E-state index in [4.69, 9.17) is 0 Å². The average molecular weight is 318 g/mol. The van der Waals surface area contributed by atoms with Gasteiger partial charge < -0.3 is 4.57 Å². The number of aryl methyl sites for hydroxylation is 1. The second-order valence-corrected chi connectivity index (χ2v) is 6.37. The number of hydrogen-bond donors (Lipinski definition) is 0. The van der Waals surface area contributed by atoms with Gasteiger partial charge in [-0.05, 0) is 23.6 Å². The fraction of sp³-hybridized carbons (Fsp3) is 0.0526. The molecule has 1 amide bonds. The fourth-order valence-corrected chi connectivity index (χ4v) is 3.79. The molecule has 1 aromatic heterocycles. The predicted octanol–water partition coefficient (Wildman–Crippen LogP) is 4.13. The summed E-state index contributed by atoms with van der Waals surface area (Å²) in [6.07, 6.45) is 0. The van der Waals surface area contributed by atoms with E-state index >= 15 is 0 Å². The van der Waals surface area contributed by atoms with E-state index in [2.05, 4.69) is 29.3 Å². The zero-order valence-corrected chi connectivity index (χ0v) is 13.4. The van der Waals surface area contributed by atoms with Crippen LogP contribution in [0.4, 0.5) is 0 Å². The molecule has 0 aliphatic rings. The highest BCUT2D eigenvalue weighted by Crippen LogP contribution is 2.26. The fourth-order valence-electron chi connectivity index (χ4n) is 2.76. The molecule has 0 aliphatic carbocycles. The number of thiazole rings is 1. The highest BCUT2D eigenvalue weighted by molar-refractivity contribution is 7.16. The topological polar surface area (TPSA) is 34.4 Å². The normalized spacial score (nSPS) is 12.1. The van der Waals surface area contributed by atoms with Gasteiger partial charge in [-0.1, -0.05) is 59.9 Å². The number of nitrogens with zero attached hydrogens (tertiary/aromatic N) is 2. The monoisotopic (exact) mass is 318 g/mol. The van der Waals surface area contributed by atoms with Crippen molar-refractivity contribution in [3.63, 3.8) is 0 Å². The van der Waals surface area contributed by atoms with Gasteiger partial charge in [-0.3, -0.25) is 4.79 Å². The van der Waals surface area contributed by atoms with Crippen molar-refractivity contribution in [2.75, 3.05) is 0 Å². The first kappa shape index (κ1) is 13.9. The summed E-state index contributed by atoms with van der Waals surface area (Å²) < 4.78 is 3.13. The van der Waals surface area contributed by atoms with Gasteiger partial charge in [0.1, 0.15) is 0 Å². The minimum Gasteiger partial charge on any atom is -0.319 e. The Hall–Kier alpha value is -2.72. The summed E-state index contributed by atoms with van der Waals surface area (Å²) in [5.41, 5.74) is 1.72. The molecule has 0 aliphatic heterocycles. The Kier molecular flexibility index (Phi) is 3.32. The Morgan fingerprint density at radius 2 is 1.70 bits per heavy atom. The summed E-state index contributed by atoms with van der Waals surface area (Å²) in [5, 5.41) is 2.37. The maximum Gasteiger partial charge on any atom is 0.279 e. The van der Waals surface area contributed by atoms with Crippen molar-refractivity contribution < 1.29 is 4.79 Å². The van der Waals surface area contributed by atoms with Crippen LogP contribution < -0.4 is 4.80 Å². The molecule has 0 bridgehead atoms. The molecule has 0 atom stereocenters. The van der Waals surface area contributed by atoms with Gasteiger partial charge in [0.25, 0.3) is 5.91 Å². The molecular formula is C19H14N2OS. The third-order valence-corrected chi connectivity index (χ3v) is 5.00. The molecule has 0 saturated heterocycles. The first-order chi connectivity index (χ1) is 11.2. The lowest BCUT2D eigenvalue weighted by Gasteiger charge is -2.01. The molecular weight excluding hydrogens is 304 g/mol.